The van der Waals surface area contributed by atoms with Crippen LogP contribution in [0.4, 0.5) is 11.4 Å². The number of anilines is 2. The highest BCUT2D eigenvalue weighted by atomic mass is 32.1. The van der Waals surface area contributed by atoms with Crippen LogP contribution in [-0.2, 0) is 16.0 Å². The van der Waals surface area contributed by atoms with Gasteiger partial charge in [-0.2, -0.15) is 0 Å². The number of benzene rings is 1. The molecule has 1 aromatic heterocycles. The Morgan fingerprint density at radius 1 is 1.18 bits per heavy atom. The fourth-order valence-corrected chi connectivity index (χ4v) is 3.65. The summed E-state index contributed by atoms with van der Waals surface area (Å²) in [5.41, 5.74) is 1.63. The van der Waals surface area contributed by atoms with Crippen LogP contribution < -0.4 is 9.80 Å². The smallest absolute Gasteiger partial charge is 0.232 e. The standard InChI is InChI=1S/C17H18N2O2S/c1-12-11-18(17(21)10-14-6-5-9-22-14)15-7-3-4-8-16(15)19(12)13(2)20/h3-9,12H,10-11H2,1-2H3/t12-/m0/s1. The number of carbonyl (C=O) groups is 2. The minimum atomic E-state index is -0.0281. The summed E-state index contributed by atoms with van der Waals surface area (Å²) in [6.07, 6.45) is 0.402. The van der Waals surface area contributed by atoms with Crippen LogP contribution in [0.25, 0.3) is 0 Å². The summed E-state index contributed by atoms with van der Waals surface area (Å²) in [6, 6.07) is 11.5. The lowest BCUT2D eigenvalue weighted by Gasteiger charge is -2.40. The van der Waals surface area contributed by atoms with Crippen molar-refractivity contribution in [2.75, 3.05) is 16.3 Å². The van der Waals surface area contributed by atoms with Gasteiger partial charge in [-0.15, -0.1) is 11.3 Å². The van der Waals surface area contributed by atoms with Crippen molar-refractivity contribution in [3.05, 3.63) is 46.7 Å². The predicted molar refractivity (Wildman–Crippen MR) is 89.4 cm³/mol. The largest absolute Gasteiger partial charge is 0.308 e. The van der Waals surface area contributed by atoms with Crippen LogP contribution in [0.1, 0.15) is 18.7 Å². The van der Waals surface area contributed by atoms with E-state index >= 15 is 0 Å². The first-order valence-corrected chi connectivity index (χ1v) is 8.17. The van der Waals surface area contributed by atoms with Crippen LogP contribution >= 0.6 is 11.3 Å². The van der Waals surface area contributed by atoms with E-state index in [2.05, 4.69) is 0 Å². The molecule has 1 aliphatic heterocycles. The zero-order valence-corrected chi connectivity index (χ0v) is 13.5. The molecule has 4 nitrogen and oxygen atoms in total. The van der Waals surface area contributed by atoms with Gasteiger partial charge in [0.15, 0.2) is 0 Å². The van der Waals surface area contributed by atoms with Crippen molar-refractivity contribution in [3.8, 4) is 0 Å². The SMILES string of the molecule is CC(=O)N1c2ccccc2N(C(=O)Cc2cccs2)C[C@@H]1C. The maximum absolute atomic E-state index is 12.7. The molecular weight excluding hydrogens is 296 g/mol. The van der Waals surface area contributed by atoms with E-state index in [9.17, 15) is 9.59 Å². The highest BCUT2D eigenvalue weighted by molar-refractivity contribution is 7.10. The quantitative estimate of drug-likeness (QED) is 0.855. The van der Waals surface area contributed by atoms with Crippen molar-refractivity contribution in [1.29, 1.82) is 0 Å². The topological polar surface area (TPSA) is 40.6 Å². The number of fused-ring (bicyclic) bond motifs is 1. The van der Waals surface area contributed by atoms with Crippen LogP contribution in [-0.4, -0.2) is 24.4 Å². The second-order valence-corrected chi connectivity index (χ2v) is 6.52. The molecule has 0 unspecified atom stereocenters. The van der Waals surface area contributed by atoms with Crippen LogP contribution in [0.2, 0.25) is 0 Å². The Bertz CT molecular complexity index is 696. The first-order chi connectivity index (χ1) is 10.6. The van der Waals surface area contributed by atoms with Crippen molar-refractivity contribution in [3.63, 3.8) is 0 Å². The Morgan fingerprint density at radius 3 is 2.55 bits per heavy atom. The molecule has 114 valence electrons. The minimum Gasteiger partial charge on any atom is -0.308 e. The third kappa shape index (κ3) is 2.64. The number of carbonyl (C=O) groups excluding carboxylic acids is 2. The zero-order valence-electron chi connectivity index (χ0n) is 12.7. The average molecular weight is 314 g/mol. The number of amides is 2. The molecule has 2 aromatic rings. The Balaban J connectivity index is 1.94. The molecule has 1 aliphatic rings. The number of rotatable bonds is 2. The fraction of sp³-hybridized carbons (Fsp3) is 0.294. The van der Waals surface area contributed by atoms with Gasteiger partial charge in [-0.1, -0.05) is 18.2 Å². The number of hydrogen-bond acceptors (Lipinski definition) is 3. The highest BCUT2D eigenvalue weighted by Gasteiger charge is 2.33. The summed E-state index contributed by atoms with van der Waals surface area (Å²) in [5.74, 6) is 0.0789. The Labute approximate surface area is 134 Å². The summed E-state index contributed by atoms with van der Waals surface area (Å²) in [5, 5.41) is 1.98. The molecule has 0 N–H and O–H groups in total. The van der Waals surface area contributed by atoms with E-state index in [1.807, 2.05) is 48.7 Å². The van der Waals surface area contributed by atoms with Crippen molar-refractivity contribution in [2.45, 2.75) is 26.3 Å². The lowest BCUT2D eigenvalue weighted by atomic mass is 10.1. The highest BCUT2D eigenvalue weighted by Crippen LogP contribution is 2.35. The van der Waals surface area contributed by atoms with Gasteiger partial charge >= 0.3 is 0 Å². The third-order valence-electron chi connectivity index (χ3n) is 3.87. The molecule has 0 bridgehead atoms. The summed E-state index contributed by atoms with van der Waals surface area (Å²) in [6.45, 7) is 4.07. The van der Waals surface area contributed by atoms with Crippen molar-refractivity contribution in [1.82, 2.24) is 0 Å². The number of para-hydroxylation sites is 2. The normalized spacial score (nSPS) is 17.3. The minimum absolute atomic E-state index is 0.00491. The molecule has 5 heteroatoms. The summed E-state index contributed by atoms with van der Waals surface area (Å²) < 4.78 is 0. The van der Waals surface area contributed by atoms with Crippen LogP contribution in [0.5, 0.6) is 0 Å². The van der Waals surface area contributed by atoms with E-state index in [-0.39, 0.29) is 17.9 Å². The van der Waals surface area contributed by atoms with Gasteiger partial charge in [0.2, 0.25) is 11.8 Å². The maximum Gasteiger partial charge on any atom is 0.232 e. The van der Waals surface area contributed by atoms with Gasteiger partial charge in [-0.25, -0.2) is 0 Å². The zero-order chi connectivity index (χ0) is 15.7. The summed E-state index contributed by atoms with van der Waals surface area (Å²) in [7, 11) is 0. The molecule has 0 saturated heterocycles. The molecule has 1 aromatic carbocycles. The van der Waals surface area contributed by atoms with Gasteiger partial charge in [0.05, 0.1) is 23.8 Å². The predicted octanol–water partition coefficient (Wildman–Crippen LogP) is 3.08. The first-order valence-electron chi connectivity index (χ1n) is 7.29. The first kappa shape index (κ1) is 14.8. The summed E-state index contributed by atoms with van der Waals surface area (Å²) in [4.78, 5) is 29.2. The van der Waals surface area contributed by atoms with Gasteiger partial charge in [-0.3, -0.25) is 9.59 Å². The Kier molecular flexibility index (Phi) is 3.98. The molecular formula is C17H18N2O2S. The number of thiophene rings is 1. The molecule has 1 atom stereocenters. The lowest BCUT2D eigenvalue weighted by Crippen LogP contribution is -2.51. The van der Waals surface area contributed by atoms with E-state index < -0.39 is 0 Å². The van der Waals surface area contributed by atoms with E-state index in [0.717, 1.165) is 16.3 Å². The van der Waals surface area contributed by atoms with Gasteiger partial charge in [0, 0.05) is 18.3 Å². The average Bonchev–Trinajstić information content (AvgIpc) is 2.98. The Morgan fingerprint density at radius 2 is 1.91 bits per heavy atom. The summed E-state index contributed by atoms with van der Waals surface area (Å²) >= 11 is 1.59. The molecule has 2 amide bonds. The van der Waals surface area contributed by atoms with Crippen LogP contribution in [0, 0.1) is 0 Å². The van der Waals surface area contributed by atoms with Crippen molar-refractivity contribution >= 4 is 34.5 Å². The van der Waals surface area contributed by atoms with E-state index in [0.29, 0.717) is 13.0 Å². The van der Waals surface area contributed by atoms with Gasteiger partial charge < -0.3 is 9.80 Å². The molecule has 0 aliphatic carbocycles. The molecule has 0 fully saturated rings. The molecule has 0 saturated carbocycles. The van der Waals surface area contributed by atoms with Gasteiger partial charge in [0.25, 0.3) is 0 Å². The van der Waals surface area contributed by atoms with Gasteiger partial charge in [0.1, 0.15) is 0 Å². The number of nitrogens with zero attached hydrogens (tertiary/aromatic N) is 2. The fourth-order valence-electron chi connectivity index (χ4n) is 2.95. The third-order valence-corrected chi connectivity index (χ3v) is 4.74. The van der Waals surface area contributed by atoms with E-state index in [4.69, 9.17) is 0 Å². The molecule has 0 radical (unpaired) electrons. The van der Waals surface area contributed by atoms with Crippen LogP contribution in [0.15, 0.2) is 41.8 Å². The molecule has 2 heterocycles. The maximum atomic E-state index is 12.7. The van der Waals surface area contributed by atoms with Crippen molar-refractivity contribution < 1.29 is 9.59 Å². The van der Waals surface area contributed by atoms with Gasteiger partial charge in [-0.05, 0) is 30.5 Å². The molecule has 3 rings (SSSR count). The van der Waals surface area contributed by atoms with E-state index in [1.54, 1.807) is 28.1 Å². The molecule has 0 spiro atoms. The van der Waals surface area contributed by atoms with E-state index in [1.165, 1.54) is 0 Å². The second-order valence-electron chi connectivity index (χ2n) is 5.49. The second kappa shape index (κ2) is 5.93. The monoisotopic (exact) mass is 314 g/mol. The van der Waals surface area contributed by atoms with Crippen LogP contribution in [0.3, 0.4) is 0 Å². The van der Waals surface area contributed by atoms with Crippen molar-refractivity contribution in [2.24, 2.45) is 0 Å². The Hall–Kier alpha value is -2.14. The molecule has 22 heavy (non-hydrogen) atoms. The number of hydrogen-bond donors (Lipinski definition) is 0. The lowest BCUT2D eigenvalue weighted by molar-refractivity contribution is -0.119.